The van der Waals surface area contributed by atoms with Gasteiger partial charge in [0.05, 0.1) is 36.2 Å². The average molecular weight is 654 g/mol. The van der Waals surface area contributed by atoms with Gasteiger partial charge in [0.1, 0.15) is 5.75 Å². The zero-order valence-corrected chi connectivity index (χ0v) is 27.7. The molecule has 1 heterocycles. The van der Waals surface area contributed by atoms with E-state index in [4.69, 9.17) is 26.4 Å². The van der Waals surface area contributed by atoms with Gasteiger partial charge in [-0.15, -0.1) is 0 Å². The second kappa shape index (κ2) is 15.2. The van der Waals surface area contributed by atoms with Crippen LogP contribution in [-0.4, -0.2) is 43.3 Å². The van der Waals surface area contributed by atoms with E-state index >= 15 is 0 Å². The molecule has 5 rings (SSSR count). The predicted molar refractivity (Wildman–Crippen MR) is 185 cm³/mol. The molecule has 1 aliphatic heterocycles. The Morgan fingerprint density at radius 1 is 0.809 bits per heavy atom. The fraction of sp³-hybridized carbons (Fsp3) is 0.194. The molecule has 1 N–H and O–H groups in total. The molecular weight excluding hydrogens is 618 g/mol. The first kappa shape index (κ1) is 34.3. The Bertz CT molecular complexity index is 1880. The largest absolute Gasteiger partial charge is 0.466 e. The molecule has 0 aliphatic carbocycles. The SMILES string of the molecule is COC(=O)C1=C(C)NC(C)=C(C(=O)OC)C1c1ccccc1[N+](=O)[O-].Cc1cccc(N(C)C(=S)Oc2ccc3ccccc3c2)c1. The van der Waals surface area contributed by atoms with Gasteiger partial charge in [0.2, 0.25) is 0 Å². The van der Waals surface area contributed by atoms with Crippen molar-refractivity contribution in [2.45, 2.75) is 26.7 Å². The molecule has 0 saturated carbocycles. The molecule has 47 heavy (non-hydrogen) atoms. The van der Waals surface area contributed by atoms with E-state index < -0.39 is 22.8 Å². The number of nitrogens with zero attached hydrogens (tertiary/aromatic N) is 2. The molecule has 0 unspecified atom stereocenters. The van der Waals surface area contributed by atoms with Crippen LogP contribution in [0.5, 0.6) is 5.75 Å². The fourth-order valence-electron chi connectivity index (χ4n) is 5.31. The summed E-state index contributed by atoms with van der Waals surface area (Å²) in [7, 11) is 4.34. The number of para-hydroxylation sites is 1. The molecule has 0 aromatic heterocycles. The molecule has 0 radical (unpaired) electrons. The van der Waals surface area contributed by atoms with E-state index in [1.165, 1.54) is 43.4 Å². The predicted octanol–water partition coefficient (Wildman–Crippen LogP) is 7.12. The third kappa shape index (κ3) is 7.82. The number of nitro groups is 1. The summed E-state index contributed by atoms with van der Waals surface area (Å²) >= 11 is 5.41. The molecule has 0 saturated heterocycles. The van der Waals surface area contributed by atoms with E-state index in [2.05, 4.69) is 36.5 Å². The van der Waals surface area contributed by atoms with Gasteiger partial charge in [-0.25, -0.2) is 9.59 Å². The summed E-state index contributed by atoms with van der Waals surface area (Å²) in [6, 6.07) is 28.3. The van der Waals surface area contributed by atoms with Crippen LogP contribution in [0.1, 0.15) is 30.9 Å². The highest BCUT2D eigenvalue weighted by Gasteiger charge is 2.40. The van der Waals surface area contributed by atoms with E-state index in [1.807, 2.05) is 54.4 Å². The molecule has 0 amide bonds. The summed E-state index contributed by atoms with van der Waals surface area (Å²) in [4.78, 5) is 37.4. The summed E-state index contributed by atoms with van der Waals surface area (Å²) < 4.78 is 15.5. The maximum Gasteiger partial charge on any atom is 0.336 e. The Morgan fingerprint density at radius 3 is 2.00 bits per heavy atom. The standard InChI is InChI=1S/C19H17NOS.C17H18N2O6/c1-14-6-5-9-17(12-14)20(2)19(22)21-18-11-10-15-7-3-4-8-16(15)13-18;1-9-13(16(20)24-3)15(14(10(2)18-9)17(21)25-4)11-7-5-6-8-12(11)19(22)23/h3-13H,1-2H3;5-8,15,18H,1-4H3. The minimum absolute atomic E-state index is 0.128. The molecular formula is C36H35N3O7S. The molecule has 11 heteroatoms. The zero-order valence-electron chi connectivity index (χ0n) is 26.9. The van der Waals surface area contributed by atoms with Crippen molar-refractivity contribution in [3.8, 4) is 5.75 Å². The number of anilines is 1. The van der Waals surface area contributed by atoms with Crippen LogP contribution in [0.2, 0.25) is 0 Å². The van der Waals surface area contributed by atoms with Crippen molar-refractivity contribution in [1.82, 2.24) is 5.32 Å². The first-order chi connectivity index (χ1) is 22.5. The fourth-order valence-corrected chi connectivity index (χ4v) is 5.51. The number of allylic oxidation sites excluding steroid dienone is 2. The number of dihydropyridines is 1. The van der Waals surface area contributed by atoms with Crippen molar-refractivity contribution in [3.63, 3.8) is 0 Å². The lowest BCUT2D eigenvalue weighted by Crippen LogP contribution is -2.32. The number of fused-ring (bicyclic) bond motifs is 1. The number of aryl methyl sites for hydroxylation is 1. The Morgan fingerprint density at radius 2 is 1.40 bits per heavy atom. The van der Waals surface area contributed by atoms with Crippen molar-refractivity contribution >= 4 is 51.5 Å². The van der Waals surface area contributed by atoms with Gasteiger partial charge in [0.25, 0.3) is 10.9 Å². The van der Waals surface area contributed by atoms with Crippen LogP contribution in [0.3, 0.4) is 0 Å². The molecule has 10 nitrogen and oxygen atoms in total. The minimum Gasteiger partial charge on any atom is -0.466 e. The van der Waals surface area contributed by atoms with Crippen molar-refractivity contribution < 1.29 is 28.7 Å². The number of ether oxygens (including phenoxy) is 3. The normalized spacial score (nSPS) is 12.8. The van der Waals surface area contributed by atoms with Crippen LogP contribution in [0.4, 0.5) is 11.4 Å². The van der Waals surface area contributed by atoms with E-state index in [0.717, 1.165) is 16.8 Å². The smallest absolute Gasteiger partial charge is 0.336 e. The third-order valence-electron chi connectivity index (χ3n) is 7.60. The number of carbonyl (C=O) groups is 2. The number of methoxy groups -OCH3 is 2. The van der Waals surface area contributed by atoms with Gasteiger partial charge in [-0.05, 0) is 73.6 Å². The molecule has 1 aliphatic rings. The molecule has 4 aromatic carbocycles. The number of hydrogen-bond donors (Lipinski definition) is 1. The molecule has 242 valence electrons. The maximum atomic E-state index is 12.3. The summed E-state index contributed by atoms with van der Waals surface area (Å²) in [6.07, 6.45) is 0. The van der Waals surface area contributed by atoms with Crippen LogP contribution in [-0.2, 0) is 19.1 Å². The van der Waals surface area contributed by atoms with E-state index in [0.29, 0.717) is 16.6 Å². The highest BCUT2D eigenvalue weighted by atomic mass is 32.1. The third-order valence-corrected chi connectivity index (χ3v) is 7.96. The lowest BCUT2D eigenvalue weighted by molar-refractivity contribution is -0.385. The van der Waals surface area contributed by atoms with Crippen LogP contribution in [0, 0.1) is 17.0 Å². The second-order valence-electron chi connectivity index (χ2n) is 10.7. The average Bonchev–Trinajstić information content (AvgIpc) is 3.07. The molecule has 0 spiro atoms. The quantitative estimate of drug-likeness (QED) is 0.0996. The lowest BCUT2D eigenvalue weighted by atomic mass is 9.79. The van der Waals surface area contributed by atoms with Gasteiger partial charge < -0.3 is 24.4 Å². The Kier molecular flexibility index (Phi) is 11.1. The van der Waals surface area contributed by atoms with Gasteiger partial charge in [-0.1, -0.05) is 60.7 Å². The van der Waals surface area contributed by atoms with Gasteiger partial charge in [-0.2, -0.15) is 0 Å². The topological polar surface area (TPSA) is 120 Å². The minimum atomic E-state index is -0.970. The van der Waals surface area contributed by atoms with Crippen LogP contribution in [0.15, 0.2) is 114 Å². The van der Waals surface area contributed by atoms with Crippen molar-refractivity contribution in [1.29, 1.82) is 0 Å². The van der Waals surface area contributed by atoms with E-state index in [-0.39, 0.29) is 22.4 Å². The summed E-state index contributed by atoms with van der Waals surface area (Å²) in [5.74, 6) is -1.57. The first-order valence-corrected chi connectivity index (χ1v) is 15.0. The number of nitro benzene ring substituents is 1. The monoisotopic (exact) mass is 653 g/mol. The Hall–Kier alpha value is -5.55. The van der Waals surface area contributed by atoms with E-state index in [9.17, 15) is 19.7 Å². The molecule has 0 bridgehead atoms. The maximum absolute atomic E-state index is 12.3. The number of carbonyl (C=O) groups excluding carboxylic acids is 2. The summed E-state index contributed by atoms with van der Waals surface area (Å²) in [5, 5.41) is 17.2. The van der Waals surface area contributed by atoms with E-state index in [1.54, 1.807) is 19.9 Å². The number of nitrogens with one attached hydrogen (secondary N) is 1. The van der Waals surface area contributed by atoms with Crippen molar-refractivity contribution in [2.75, 3.05) is 26.2 Å². The van der Waals surface area contributed by atoms with Crippen LogP contribution in [0.25, 0.3) is 10.8 Å². The number of thiocarbonyl (C=S) groups is 1. The zero-order chi connectivity index (χ0) is 34.2. The van der Waals surface area contributed by atoms with Crippen molar-refractivity contribution in [2.24, 2.45) is 0 Å². The molecule has 4 aromatic rings. The van der Waals surface area contributed by atoms with Gasteiger partial charge in [0.15, 0.2) is 0 Å². The van der Waals surface area contributed by atoms with Crippen molar-refractivity contribution in [3.05, 3.63) is 135 Å². The highest BCUT2D eigenvalue weighted by Crippen LogP contribution is 2.42. The Balaban J connectivity index is 0.000000214. The lowest BCUT2D eigenvalue weighted by Gasteiger charge is -2.29. The number of benzene rings is 4. The molecule has 0 fully saturated rings. The first-order valence-electron chi connectivity index (χ1n) is 14.6. The number of esters is 2. The number of hydrogen-bond acceptors (Lipinski definition) is 9. The highest BCUT2D eigenvalue weighted by molar-refractivity contribution is 7.80. The number of rotatable bonds is 6. The van der Waals surface area contributed by atoms with Gasteiger partial charge >= 0.3 is 11.9 Å². The van der Waals surface area contributed by atoms with Crippen LogP contribution < -0.4 is 15.0 Å². The van der Waals surface area contributed by atoms with Gasteiger partial charge in [0, 0.05) is 35.8 Å². The summed E-state index contributed by atoms with van der Waals surface area (Å²) in [5.41, 5.74) is 3.40. The Labute approximate surface area is 278 Å². The second-order valence-corrected chi connectivity index (χ2v) is 11.1. The van der Waals surface area contributed by atoms with Crippen LogP contribution >= 0.6 is 12.2 Å². The van der Waals surface area contributed by atoms with Gasteiger partial charge in [-0.3, -0.25) is 10.1 Å². The summed E-state index contributed by atoms with van der Waals surface area (Å²) in [6.45, 7) is 5.35. The molecule has 0 atom stereocenters.